The Labute approximate surface area is 184 Å². The summed E-state index contributed by atoms with van der Waals surface area (Å²) in [6.07, 6.45) is -0.00220. The van der Waals surface area contributed by atoms with Crippen LogP contribution in [0.4, 0.5) is 0 Å². The van der Waals surface area contributed by atoms with Crippen LogP contribution in [0.5, 0.6) is 5.75 Å². The van der Waals surface area contributed by atoms with Crippen LogP contribution >= 0.6 is 11.6 Å². The van der Waals surface area contributed by atoms with Gasteiger partial charge >= 0.3 is 0 Å². The highest BCUT2D eigenvalue weighted by Crippen LogP contribution is 2.31. The summed E-state index contributed by atoms with van der Waals surface area (Å²) >= 11 is 5.93. The summed E-state index contributed by atoms with van der Waals surface area (Å²) in [7, 11) is 0. The number of rotatable bonds is 6. The van der Waals surface area contributed by atoms with E-state index in [0.717, 1.165) is 37.5 Å². The van der Waals surface area contributed by atoms with Crippen molar-refractivity contribution in [3.8, 4) is 5.75 Å². The number of nitrogens with zero attached hydrogens (tertiary/aromatic N) is 2. The van der Waals surface area contributed by atoms with Crippen LogP contribution in [0.2, 0.25) is 5.02 Å². The van der Waals surface area contributed by atoms with Crippen molar-refractivity contribution in [2.45, 2.75) is 39.8 Å². The predicted molar refractivity (Wildman–Crippen MR) is 122 cm³/mol. The molecule has 1 fully saturated rings. The van der Waals surface area contributed by atoms with Gasteiger partial charge in [0.2, 0.25) is 0 Å². The molecule has 0 radical (unpaired) electrons. The van der Waals surface area contributed by atoms with Gasteiger partial charge in [0.05, 0.1) is 0 Å². The second-order valence-electron chi connectivity index (χ2n) is 8.08. The first-order valence-electron chi connectivity index (χ1n) is 10.6. The van der Waals surface area contributed by atoms with Gasteiger partial charge in [0.1, 0.15) is 11.9 Å². The van der Waals surface area contributed by atoms with E-state index in [1.807, 2.05) is 11.8 Å². The molecule has 0 saturated carbocycles. The fraction of sp³-hybridized carbons (Fsp3) is 0.458. The molecule has 5 nitrogen and oxygen atoms in total. The molecule has 0 bridgehead atoms. The van der Waals surface area contributed by atoms with Gasteiger partial charge in [0.25, 0.3) is 5.91 Å². The second kappa shape index (κ2) is 9.82. The van der Waals surface area contributed by atoms with Gasteiger partial charge in [-0.25, -0.2) is 0 Å². The lowest BCUT2D eigenvalue weighted by Gasteiger charge is -2.39. The second-order valence-corrected chi connectivity index (χ2v) is 8.51. The highest BCUT2D eigenvalue weighted by molar-refractivity contribution is 6.30. The molecule has 1 aliphatic heterocycles. The third kappa shape index (κ3) is 4.97. The van der Waals surface area contributed by atoms with Crippen molar-refractivity contribution in [3.63, 3.8) is 0 Å². The van der Waals surface area contributed by atoms with Crippen LogP contribution in [-0.2, 0) is 0 Å². The maximum atomic E-state index is 12.7. The van der Waals surface area contributed by atoms with Gasteiger partial charge in [-0.05, 0) is 74.7 Å². The number of carbonyl (C=O) groups is 1. The van der Waals surface area contributed by atoms with Gasteiger partial charge < -0.3 is 15.4 Å². The number of carbonyl (C=O) groups excluding carboxylic acids is 1. The Bertz CT molecular complexity index is 877. The molecule has 1 aliphatic rings. The number of hydrogen-bond acceptors (Lipinski definition) is 4. The van der Waals surface area contributed by atoms with Crippen LogP contribution < -0.4 is 10.5 Å². The number of halogens is 1. The molecule has 0 aromatic heterocycles. The first-order chi connectivity index (χ1) is 14.3. The molecule has 1 amide bonds. The Kier molecular flexibility index (Phi) is 7.40. The maximum Gasteiger partial charge on any atom is 0.253 e. The summed E-state index contributed by atoms with van der Waals surface area (Å²) in [5.74, 6) is 0.973. The number of benzene rings is 2. The molecular formula is C24H32ClN3O2. The Balaban J connectivity index is 1.65. The van der Waals surface area contributed by atoms with Crippen LogP contribution in [0.25, 0.3) is 0 Å². The van der Waals surface area contributed by atoms with Gasteiger partial charge in [-0.15, -0.1) is 0 Å². The molecule has 30 heavy (non-hydrogen) atoms. The normalized spacial score (nSPS) is 16.9. The summed E-state index contributed by atoms with van der Waals surface area (Å²) < 4.78 is 5.95. The molecule has 2 unspecified atom stereocenters. The summed E-state index contributed by atoms with van der Waals surface area (Å²) in [6, 6.07) is 11.6. The zero-order chi connectivity index (χ0) is 21.8. The average molecular weight is 430 g/mol. The van der Waals surface area contributed by atoms with E-state index in [0.29, 0.717) is 17.1 Å². The number of amides is 1. The van der Waals surface area contributed by atoms with Crippen LogP contribution in [0.3, 0.4) is 0 Å². The number of nitrogens with two attached hydrogens (primary N) is 1. The quantitative estimate of drug-likeness (QED) is 0.747. The predicted octanol–water partition coefficient (Wildman–Crippen LogP) is 4.20. The molecule has 162 valence electrons. The van der Waals surface area contributed by atoms with Crippen molar-refractivity contribution in [2.75, 3.05) is 32.7 Å². The van der Waals surface area contributed by atoms with E-state index in [1.54, 1.807) is 24.3 Å². The molecule has 1 saturated heterocycles. The minimum absolute atomic E-state index is 0.00220. The highest BCUT2D eigenvalue weighted by Gasteiger charge is 2.26. The Morgan fingerprint density at radius 1 is 1.03 bits per heavy atom. The van der Waals surface area contributed by atoms with Gasteiger partial charge in [-0.1, -0.05) is 17.7 Å². The average Bonchev–Trinajstić information content (AvgIpc) is 2.76. The largest absolute Gasteiger partial charge is 0.489 e. The fourth-order valence-electron chi connectivity index (χ4n) is 3.95. The molecule has 6 heteroatoms. The molecular weight excluding hydrogens is 398 g/mol. The molecule has 2 atom stereocenters. The smallest absolute Gasteiger partial charge is 0.253 e. The molecule has 3 rings (SSSR count). The lowest BCUT2D eigenvalue weighted by Crippen LogP contribution is -2.49. The first kappa shape index (κ1) is 22.6. The van der Waals surface area contributed by atoms with E-state index in [4.69, 9.17) is 22.1 Å². The van der Waals surface area contributed by atoms with Crippen LogP contribution in [0, 0.1) is 13.8 Å². The molecule has 2 N–H and O–H groups in total. The minimum Gasteiger partial charge on any atom is -0.489 e. The third-order valence-corrected chi connectivity index (χ3v) is 6.38. The molecule has 2 aromatic carbocycles. The Morgan fingerprint density at radius 3 is 2.27 bits per heavy atom. The van der Waals surface area contributed by atoms with Gasteiger partial charge in [-0.2, -0.15) is 0 Å². The van der Waals surface area contributed by atoms with E-state index in [1.165, 1.54) is 11.1 Å². The highest BCUT2D eigenvalue weighted by atomic mass is 35.5. The third-order valence-electron chi connectivity index (χ3n) is 6.13. The van der Waals surface area contributed by atoms with Crippen LogP contribution in [0.15, 0.2) is 36.4 Å². The molecule has 2 aromatic rings. The van der Waals surface area contributed by atoms with Crippen molar-refractivity contribution in [1.82, 2.24) is 9.80 Å². The van der Waals surface area contributed by atoms with Crippen LogP contribution in [-0.4, -0.2) is 54.5 Å². The first-order valence-corrected chi connectivity index (χ1v) is 10.9. The molecule has 0 aliphatic carbocycles. The van der Waals surface area contributed by atoms with Crippen molar-refractivity contribution in [3.05, 3.63) is 63.7 Å². The van der Waals surface area contributed by atoms with E-state index >= 15 is 0 Å². The number of ether oxygens (including phenoxy) is 1. The van der Waals surface area contributed by atoms with E-state index < -0.39 is 0 Å². The van der Waals surface area contributed by atoms with E-state index in [9.17, 15) is 4.79 Å². The lowest BCUT2D eigenvalue weighted by molar-refractivity contribution is 0.0581. The summed E-state index contributed by atoms with van der Waals surface area (Å²) in [5.41, 5.74) is 10.1. The van der Waals surface area contributed by atoms with Crippen molar-refractivity contribution < 1.29 is 9.53 Å². The van der Waals surface area contributed by atoms with Gasteiger partial charge in [-0.3, -0.25) is 9.69 Å². The molecule has 1 heterocycles. The summed E-state index contributed by atoms with van der Waals surface area (Å²) in [6.45, 7) is 12.1. The zero-order valence-corrected chi connectivity index (χ0v) is 19.1. The van der Waals surface area contributed by atoms with Gasteiger partial charge in [0.15, 0.2) is 0 Å². The van der Waals surface area contributed by atoms with Gasteiger partial charge in [0, 0.05) is 49.4 Å². The SMILES string of the molecule is Cc1c(OC(C)CN)ccc(C(C)N2CCN(C(=O)c3ccc(Cl)cc3)CC2)c1C. The fourth-order valence-corrected chi connectivity index (χ4v) is 4.07. The van der Waals surface area contributed by atoms with E-state index in [2.05, 4.69) is 37.8 Å². The van der Waals surface area contributed by atoms with Crippen molar-refractivity contribution in [2.24, 2.45) is 5.73 Å². The van der Waals surface area contributed by atoms with Crippen molar-refractivity contribution in [1.29, 1.82) is 0 Å². The Morgan fingerprint density at radius 2 is 1.67 bits per heavy atom. The van der Waals surface area contributed by atoms with E-state index in [-0.39, 0.29) is 18.1 Å². The summed E-state index contributed by atoms with van der Waals surface area (Å²) in [5, 5.41) is 0.643. The standard InChI is InChI=1S/C24H32ClN3O2/c1-16(15-26)30-23-10-9-22(17(2)18(23)3)19(4)27-11-13-28(14-12-27)24(29)20-5-7-21(25)8-6-20/h5-10,16,19H,11-15,26H2,1-4H3. The molecule has 0 spiro atoms. The Hall–Kier alpha value is -2.08. The van der Waals surface area contributed by atoms with Crippen molar-refractivity contribution >= 4 is 17.5 Å². The zero-order valence-electron chi connectivity index (χ0n) is 18.3. The maximum absolute atomic E-state index is 12.7. The number of hydrogen-bond donors (Lipinski definition) is 1. The topological polar surface area (TPSA) is 58.8 Å². The summed E-state index contributed by atoms with van der Waals surface area (Å²) in [4.78, 5) is 17.1. The number of piperazine rings is 1. The minimum atomic E-state index is -0.00220. The van der Waals surface area contributed by atoms with Crippen LogP contribution in [0.1, 0.15) is 46.9 Å². The lowest BCUT2D eigenvalue weighted by atomic mass is 9.96. The monoisotopic (exact) mass is 429 g/mol.